The lowest BCUT2D eigenvalue weighted by atomic mass is 9.99. The predicted octanol–water partition coefficient (Wildman–Crippen LogP) is 1.76. The van der Waals surface area contributed by atoms with Gasteiger partial charge in [0.1, 0.15) is 5.69 Å². The minimum absolute atomic E-state index is 0.0641. The fourth-order valence-electron chi connectivity index (χ4n) is 4.14. The Morgan fingerprint density at radius 1 is 1.28 bits per heavy atom. The van der Waals surface area contributed by atoms with Gasteiger partial charge in [-0.1, -0.05) is 0 Å². The Labute approximate surface area is 147 Å². The quantitative estimate of drug-likeness (QED) is 0.791. The molecule has 0 aromatic carbocycles. The van der Waals surface area contributed by atoms with Crippen LogP contribution in [-0.2, 0) is 38.2 Å². The molecule has 2 aliphatic rings. The molecule has 0 N–H and O–H groups in total. The standard InChI is InChI=1S/C18H25N5O2/c1-11-8-14-16(12(2)25-11)20-22(4)17(14)18(24)23-7-5-6-15-13(10-23)9-19-21(15)3/h9,11-12H,5-8,10H2,1-4H3/t11-,12+/m1/s1. The SMILES string of the molecule is C[C@@H]1Cc2c(nn(C)c2C(=O)N2CCCc3c(cnn3C)C2)[C@H](C)O1. The predicted molar refractivity (Wildman–Crippen MR) is 92.1 cm³/mol. The van der Waals surface area contributed by atoms with Crippen LogP contribution in [0, 0.1) is 0 Å². The van der Waals surface area contributed by atoms with E-state index in [9.17, 15) is 4.79 Å². The van der Waals surface area contributed by atoms with Crippen molar-refractivity contribution in [3.05, 3.63) is 34.4 Å². The summed E-state index contributed by atoms with van der Waals surface area (Å²) in [4.78, 5) is 15.3. The first kappa shape index (κ1) is 16.3. The molecule has 0 saturated heterocycles. The summed E-state index contributed by atoms with van der Waals surface area (Å²) in [5.41, 5.74) is 5.05. The van der Waals surface area contributed by atoms with Crippen molar-refractivity contribution in [2.24, 2.45) is 14.1 Å². The van der Waals surface area contributed by atoms with E-state index in [-0.39, 0.29) is 18.1 Å². The molecule has 4 rings (SSSR count). The maximum Gasteiger partial charge on any atom is 0.272 e. The van der Waals surface area contributed by atoms with Gasteiger partial charge < -0.3 is 9.64 Å². The Morgan fingerprint density at radius 2 is 2.08 bits per heavy atom. The summed E-state index contributed by atoms with van der Waals surface area (Å²) in [6, 6.07) is 0. The highest BCUT2D eigenvalue weighted by atomic mass is 16.5. The van der Waals surface area contributed by atoms with E-state index in [1.165, 1.54) is 5.69 Å². The second-order valence-electron chi connectivity index (χ2n) is 7.20. The first-order chi connectivity index (χ1) is 12.0. The van der Waals surface area contributed by atoms with Crippen LogP contribution in [0.1, 0.15) is 59.4 Å². The van der Waals surface area contributed by atoms with E-state index in [0.717, 1.165) is 42.6 Å². The van der Waals surface area contributed by atoms with Gasteiger partial charge in [0.2, 0.25) is 0 Å². The number of rotatable bonds is 1. The highest BCUT2D eigenvalue weighted by molar-refractivity contribution is 5.94. The lowest BCUT2D eigenvalue weighted by Gasteiger charge is -2.26. The molecule has 0 saturated carbocycles. The van der Waals surface area contributed by atoms with Crippen molar-refractivity contribution in [2.75, 3.05) is 6.54 Å². The third-order valence-corrected chi connectivity index (χ3v) is 5.33. The van der Waals surface area contributed by atoms with Crippen LogP contribution in [0.3, 0.4) is 0 Å². The highest BCUT2D eigenvalue weighted by Gasteiger charge is 2.33. The smallest absolute Gasteiger partial charge is 0.272 e. The number of carbonyl (C=O) groups is 1. The van der Waals surface area contributed by atoms with Crippen LogP contribution in [0.15, 0.2) is 6.20 Å². The van der Waals surface area contributed by atoms with E-state index < -0.39 is 0 Å². The summed E-state index contributed by atoms with van der Waals surface area (Å²) in [5, 5.41) is 8.93. The first-order valence-electron chi connectivity index (χ1n) is 8.96. The van der Waals surface area contributed by atoms with Gasteiger partial charge >= 0.3 is 0 Å². The number of fused-ring (bicyclic) bond motifs is 2. The number of amides is 1. The fraction of sp³-hybridized carbons (Fsp3) is 0.611. The van der Waals surface area contributed by atoms with Gasteiger partial charge in [-0.3, -0.25) is 14.2 Å². The van der Waals surface area contributed by atoms with Gasteiger partial charge in [-0.15, -0.1) is 0 Å². The van der Waals surface area contributed by atoms with Gasteiger partial charge in [-0.2, -0.15) is 10.2 Å². The number of aromatic nitrogens is 4. The van der Waals surface area contributed by atoms with E-state index in [1.54, 1.807) is 4.68 Å². The molecule has 7 heteroatoms. The lowest BCUT2D eigenvalue weighted by Crippen LogP contribution is -2.33. The van der Waals surface area contributed by atoms with Gasteiger partial charge in [-0.25, -0.2) is 0 Å². The zero-order valence-electron chi connectivity index (χ0n) is 15.3. The topological polar surface area (TPSA) is 65.2 Å². The molecule has 0 aliphatic carbocycles. The van der Waals surface area contributed by atoms with Crippen LogP contribution in [0.2, 0.25) is 0 Å². The maximum absolute atomic E-state index is 13.3. The molecule has 1 amide bonds. The van der Waals surface area contributed by atoms with Gasteiger partial charge in [0.15, 0.2) is 0 Å². The van der Waals surface area contributed by atoms with Gasteiger partial charge in [-0.05, 0) is 26.7 Å². The fourth-order valence-corrected chi connectivity index (χ4v) is 4.14. The molecule has 134 valence electrons. The molecule has 0 bridgehead atoms. The van der Waals surface area contributed by atoms with Crippen molar-refractivity contribution in [3.63, 3.8) is 0 Å². The van der Waals surface area contributed by atoms with Crippen molar-refractivity contribution < 1.29 is 9.53 Å². The minimum atomic E-state index is -0.0689. The second kappa shape index (κ2) is 5.98. The van der Waals surface area contributed by atoms with Crippen LogP contribution in [0.25, 0.3) is 0 Å². The van der Waals surface area contributed by atoms with E-state index >= 15 is 0 Å². The summed E-state index contributed by atoms with van der Waals surface area (Å²) in [7, 11) is 3.83. The van der Waals surface area contributed by atoms with E-state index in [4.69, 9.17) is 4.74 Å². The third-order valence-electron chi connectivity index (χ3n) is 5.33. The second-order valence-corrected chi connectivity index (χ2v) is 7.20. The van der Waals surface area contributed by atoms with Crippen molar-refractivity contribution in [2.45, 2.75) is 51.9 Å². The molecule has 2 aromatic heterocycles. The van der Waals surface area contributed by atoms with Gasteiger partial charge in [0.25, 0.3) is 5.91 Å². The summed E-state index contributed by atoms with van der Waals surface area (Å²) in [6.45, 7) is 5.43. The van der Waals surface area contributed by atoms with Crippen molar-refractivity contribution in [1.29, 1.82) is 0 Å². The van der Waals surface area contributed by atoms with Crippen LogP contribution in [-0.4, -0.2) is 43.0 Å². The number of ether oxygens (including phenoxy) is 1. The number of hydrogen-bond donors (Lipinski definition) is 0. The molecule has 0 fully saturated rings. The molecule has 2 atom stereocenters. The normalized spacial score (nSPS) is 23.1. The zero-order valence-corrected chi connectivity index (χ0v) is 15.3. The van der Waals surface area contributed by atoms with Crippen molar-refractivity contribution >= 4 is 5.91 Å². The average molecular weight is 343 g/mol. The van der Waals surface area contributed by atoms with Crippen molar-refractivity contribution in [1.82, 2.24) is 24.5 Å². The average Bonchev–Trinajstić information content (AvgIpc) is 2.98. The molecule has 0 unspecified atom stereocenters. The highest BCUT2D eigenvalue weighted by Crippen LogP contribution is 2.32. The molecule has 2 aromatic rings. The largest absolute Gasteiger partial charge is 0.369 e. The summed E-state index contributed by atoms with van der Waals surface area (Å²) < 4.78 is 9.53. The summed E-state index contributed by atoms with van der Waals surface area (Å²) in [6.07, 6.45) is 4.57. The van der Waals surface area contributed by atoms with E-state index in [0.29, 0.717) is 12.2 Å². The molecule has 0 spiro atoms. The zero-order chi connectivity index (χ0) is 17.7. The number of aryl methyl sites for hydroxylation is 2. The van der Waals surface area contributed by atoms with Crippen LogP contribution in [0.5, 0.6) is 0 Å². The van der Waals surface area contributed by atoms with Crippen molar-refractivity contribution in [3.8, 4) is 0 Å². The molecule has 0 radical (unpaired) electrons. The summed E-state index contributed by atoms with van der Waals surface area (Å²) >= 11 is 0. The summed E-state index contributed by atoms with van der Waals surface area (Å²) in [5.74, 6) is 0.0641. The Morgan fingerprint density at radius 3 is 2.88 bits per heavy atom. The van der Waals surface area contributed by atoms with E-state index in [1.807, 2.05) is 36.8 Å². The monoisotopic (exact) mass is 343 g/mol. The molecule has 25 heavy (non-hydrogen) atoms. The molecule has 4 heterocycles. The minimum Gasteiger partial charge on any atom is -0.369 e. The Kier molecular flexibility index (Phi) is 3.91. The number of carbonyl (C=O) groups excluding carboxylic acids is 1. The van der Waals surface area contributed by atoms with Crippen LogP contribution >= 0.6 is 0 Å². The first-order valence-corrected chi connectivity index (χ1v) is 8.96. The van der Waals surface area contributed by atoms with Gasteiger partial charge in [0.05, 0.1) is 24.1 Å². The third kappa shape index (κ3) is 2.66. The maximum atomic E-state index is 13.3. The molecular weight excluding hydrogens is 318 g/mol. The molecular formula is C18H25N5O2. The van der Waals surface area contributed by atoms with Gasteiger partial charge in [0, 0.05) is 50.4 Å². The molecule has 7 nitrogen and oxygen atoms in total. The lowest BCUT2D eigenvalue weighted by molar-refractivity contribution is -0.00714. The Bertz CT molecular complexity index is 822. The van der Waals surface area contributed by atoms with Crippen LogP contribution < -0.4 is 0 Å². The van der Waals surface area contributed by atoms with Crippen LogP contribution in [0.4, 0.5) is 0 Å². The molecule has 2 aliphatic heterocycles. The Balaban J connectivity index is 1.68. The van der Waals surface area contributed by atoms with E-state index in [2.05, 4.69) is 17.1 Å². The Hall–Kier alpha value is -2.15. The number of nitrogens with zero attached hydrogens (tertiary/aromatic N) is 5. The number of hydrogen-bond acceptors (Lipinski definition) is 4.